The molecule has 2 atom stereocenters. The highest BCUT2D eigenvalue weighted by Crippen LogP contribution is 2.42. The number of hydrogen-bond donors (Lipinski definition) is 0. The van der Waals surface area contributed by atoms with Crippen molar-refractivity contribution in [3.63, 3.8) is 0 Å². The molecule has 0 spiro atoms. The number of rotatable bonds is 2. The zero-order valence-electron chi connectivity index (χ0n) is 17.2. The van der Waals surface area contributed by atoms with E-state index >= 15 is 0 Å². The van der Waals surface area contributed by atoms with Crippen LogP contribution < -0.4 is 0 Å². The van der Waals surface area contributed by atoms with Crippen molar-refractivity contribution in [2.75, 3.05) is 0 Å². The van der Waals surface area contributed by atoms with Gasteiger partial charge in [0, 0.05) is 23.6 Å². The van der Waals surface area contributed by atoms with Gasteiger partial charge in [0.15, 0.2) is 5.78 Å². The number of ether oxygens (including phenoxy) is 1. The molecule has 2 fully saturated rings. The second-order valence-corrected chi connectivity index (χ2v) is 9.10. The summed E-state index contributed by atoms with van der Waals surface area (Å²) < 4.78 is 84.1. The fraction of sp³-hybridized carbons (Fsp3) is 0.619. The van der Waals surface area contributed by atoms with Crippen LogP contribution in [-0.4, -0.2) is 34.5 Å². The molecule has 0 radical (unpaired) electrons. The van der Waals surface area contributed by atoms with Crippen LogP contribution in [0.1, 0.15) is 67.9 Å². The summed E-state index contributed by atoms with van der Waals surface area (Å²) >= 11 is 0. The fourth-order valence-electron chi connectivity index (χ4n) is 4.34. The molecule has 1 aromatic rings. The molecule has 1 aromatic carbocycles. The summed E-state index contributed by atoms with van der Waals surface area (Å²) in [6.07, 6.45) is -9.01. The zero-order valence-corrected chi connectivity index (χ0v) is 17.2. The minimum Gasteiger partial charge on any atom is -0.444 e. The molecular weight excluding hydrogens is 428 g/mol. The summed E-state index contributed by atoms with van der Waals surface area (Å²) in [5, 5.41) is 0. The summed E-state index contributed by atoms with van der Waals surface area (Å²) in [6.45, 7) is 5.15. The third-order valence-corrected chi connectivity index (χ3v) is 5.58. The number of benzene rings is 1. The van der Waals surface area contributed by atoms with Crippen LogP contribution in [0.5, 0.6) is 0 Å². The molecule has 2 aliphatic rings. The highest BCUT2D eigenvalue weighted by Gasteiger charge is 2.47. The maximum absolute atomic E-state index is 13.1. The maximum atomic E-state index is 13.1. The van der Waals surface area contributed by atoms with Crippen molar-refractivity contribution in [3.05, 3.63) is 34.9 Å². The number of piperidine rings is 1. The minimum atomic E-state index is -5.02. The summed E-state index contributed by atoms with van der Waals surface area (Å²) in [5.74, 6) is -1.53. The van der Waals surface area contributed by atoms with Crippen LogP contribution >= 0.6 is 0 Å². The molecule has 2 bridgehead atoms. The van der Waals surface area contributed by atoms with Crippen LogP contribution in [-0.2, 0) is 17.1 Å². The number of hydrogen-bond acceptors (Lipinski definition) is 3. The van der Waals surface area contributed by atoms with Crippen molar-refractivity contribution < 1.29 is 40.7 Å². The molecule has 2 unspecified atom stereocenters. The van der Waals surface area contributed by atoms with Crippen molar-refractivity contribution in [3.8, 4) is 0 Å². The van der Waals surface area contributed by atoms with E-state index in [1.54, 1.807) is 25.7 Å². The second kappa shape index (κ2) is 7.70. The monoisotopic (exact) mass is 451 g/mol. The van der Waals surface area contributed by atoms with E-state index in [1.807, 2.05) is 0 Å². The first-order valence-electron chi connectivity index (χ1n) is 9.91. The summed E-state index contributed by atoms with van der Waals surface area (Å²) in [5.41, 5.74) is -4.35. The summed E-state index contributed by atoms with van der Waals surface area (Å²) in [6, 6.07) is 0.274. The van der Waals surface area contributed by atoms with Crippen LogP contribution in [0.3, 0.4) is 0 Å². The van der Waals surface area contributed by atoms with Gasteiger partial charge >= 0.3 is 18.4 Å². The Balaban J connectivity index is 1.85. The smallest absolute Gasteiger partial charge is 0.416 e. The Labute approximate surface area is 175 Å². The van der Waals surface area contributed by atoms with Crippen molar-refractivity contribution in [2.24, 2.45) is 5.92 Å². The fourth-order valence-corrected chi connectivity index (χ4v) is 4.34. The van der Waals surface area contributed by atoms with Crippen LogP contribution in [0.2, 0.25) is 0 Å². The van der Waals surface area contributed by atoms with E-state index in [2.05, 4.69) is 0 Å². The van der Waals surface area contributed by atoms with Gasteiger partial charge in [-0.2, -0.15) is 26.3 Å². The molecule has 4 nitrogen and oxygen atoms in total. The van der Waals surface area contributed by atoms with Crippen LogP contribution in [0.4, 0.5) is 31.1 Å². The third kappa shape index (κ3) is 5.15. The molecular formula is C21H23F6NO3. The SMILES string of the molecule is CC(C)(C)OC(=O)N1C2CCC1CC(C(=O)c1cc(C(F)(F)F)cc(C(F)(F)F)c1)C2. The normalized spacial score (nSPS) is 24.3. The van der Waals surface area contributed by atoms with E-state index in [0.717, 1.165) is 0 Å². The Bertz CT molecular complexity index is 825. The molecule has 31 heavy (non-hydrogen) atoms. The average molecular weight is 451 g/mol. The van der Waals surface area contributed by atoms with Gasteiger partial charge in [0.25, 0.3) is 0 Å². The first kappa shape index (κ1) is 23.4. The topological polar surface area (TPSA) is 46.6 Å². The Hall–Kier alpha value is -2.26. The van der Waals surface area contributed by atoms with E-state index in [-0.39, 0.29) is 31.0 Å². The number of halogens is 6. The number of Topliss-reactive ketones (excluding diaryl/α,β-unsaturated/α-hetero) is 1. The Morgan fingerprint density at radius 2 is 1.32 bits per heavy atom. The van der Waals surface area contributed by atoms with Gasteiger partial charge in [-0.3, -0.25) is 4.79 Å². The molecule has 0 aromatic heterocycles. The van der Waals surface area contributed by atoms with Crippen LogP contribution in [0, 0.1) is 5.92 Å². The van der Waals surface area contributed by atoms with E-state index < -0.39 is 52.4 Å². The Morgan fingerprint density at radius 3 is 1.71 bits per heavy atom. The van der Waals surface area contributed by atoms with Crippen molar-refractivity contribution in [1.82, 2.24) is 4.90 Å². The standard InChI is InChI=1S/C21H23F6NO3/c1-19(2,3)31-18(30)28-15-4-5-16(28)9-12(8-15)17(29)11-6-13(20(22,23)24)10-14(7-11)21(25,26)27/h6-7,10,12,15-16H,4-5,8-9H2,1-3H3. The number of carbonyl (C=O) groups is 2. The predicted octanol–water partition coefficient (Wildman–Crippen LogP) is 6.09. The van der Waals surface area contributed by atoms with Crippen molar-refractivity contribution in [1.29, 1.82) is 0 Å². The first-order valence-corrected chi connectivity index (χ1v) is 9.91. The number of carbonyl (C=O) groups excluding carboxylic acids is 2. The van der Waals surface area contributed by atoms with Gasteiger partial charge in [-0.05, 0) is 64.7 Å². The Morgan fingerprint density at radius 1 is 0.871 bits per heavy atom. The number of ketones is 1. The lowest BCUT2D eigenvalue weighted by Gasteiger charge is -2.39. The molecule has 2 aliphatic heterocycles. The lowest BCUT2D eigenvalue weighted by molar-refractivity contribution is -0.143. The highest BCUT2D eigenvalue weighted by atomic mass is 19.4. The van der Waals surface area contributed by atoms with E-state index in [1.165, 1.54) is 0 Å². The molecule has 10 heteroatoms. The minimum absolute atomic E-state index is 0.00554. The zero-order chi connectivity index (χ0) is 23.4. The number of alkyl halides is 6. The first-order chi connectivity index (χ1) is 14.1. The summed E-state index contributed by atoms with van der Waals surface area (Å²) in [7, 11) is 0. The number of fused-ring (bicyclic) bond motifs is 2. The van der Waals surface area contributed by atoms with E-state index in [9.17, 15) is 35.9 Å². The van der Waals surface area contributed by atoms with Crippen LogP contribution in [0.15, 0.2) is 18.2 Å². The van der Waals surface area contributed by atoms with Gasteiger partial charge < -0.3 is 9.64 Å². The molecule has 2 heterocycles. The van der Waals surface area contributed by atoms with Gasteiger partial charge in [0.1, 0.15) is 5.60 Å². The average Bonchev–Trinajstić information content (AvgIpc) is 2.88. The van der Waals surface area contributed by atoms with E-state index in [0.29, 0.717) is 25.0 Å². The van der Waals surface area contributed by atoms with Crippen molar-refractivity contribution >= 4 is 11.9 Å². The van der Waals surface area contributed by atoms with Gasteiger partial charge in [0.05, 0.1) is 11.1 Å². The highest BCUT2D eigenvalue weighted by molar-refractivity contribution is 5.98. The molecule has 172 valence electrons. The maximum Gasteiger partial charge on any atom is 0.416 e. The largest absolute Gasteiger partial charge is 0.444 e. The van der Waals surface area contributed by atoms with Gasteiger partial charge in [0.2, 0.25) is 0 Å². The number of amides is 1. The van der Waals surface area contributed by atoms with Gasteiger partial charge in [-0.15, -0.1) is 0 Å². The molecule has 1 amide bonds. The third-order valence-electron chi connectivity index (χ3n) is 5.58. The predicted molar refractivity (Wildman–Crippen MR) is 98.4 cm³/mol. The second-order valence-electron chi connectivity index (χ2n) is 9.10. The lowest BCUT2D eigenvalue weighted by Crippen LogP contribution is -2.49. The van der Waals surface area contributed by atoms with E-state index in [4.69, 9.17) is 4.74 Å². The quantitative estimate of drug-likeness (QED) is 0.404. The van der Waals surface area contributed by atoms with Gasteiger partial charge in [-0.25, -0.2) is 4.79 Å². The van der Waals surface area contributed by atoms with Crippen molar-refractivity contribution in [2.45, 2.75) is 76.5 Å². The Kier molecular flexibility index (Phi) is 5.82. The lowest BCUT2D eigenvalue weighted by atomic mass is 9.84. The number of nitrogens with zero attached hydrogens (tertiary/aromatic N) is 1. The molecule has 0 aliphatic carbocycles. The van der Waals surface area contributed by atoms with Crippen LogP contribution in [0.25, 0.3) is 0 Å². The summed E-state index contributed by atoms with van der Waals surface area (Å²) in [4.78, 5) is 27.0. The molecule has 0 saturated carbocycles. The molecule has 3 rings (SSSR count). The molecule has 2 saturated heterocycles. The molecule has 0 N–H and O–H groups in total. The van der Waals surface area contributed by atoms with Gasteiger partial charge in [-0.1, -0.05) is 0 Å².